The minimum atomic E-state index is -2.45. The van der Waals surface area contributed by atoms with Crippen LogP contribution < -0.4 is 5.32 Å². The molecule has 16 heavy (non-hydrogen) atoms. The van der Waals surface area contributed by atoms with E-state index in [2.05, 4.69) is 5.32 Å². The van der Waals surface area contributed by atoms with Crippen LogP contribution in [0.2, 0.25) is 0 Å². The fourth-order valence-corrected chi connectivity index (χ4v) is 3.25. The first-order chi connectivity index (χ1) is 7.02. The molecular weight excluding hydrogens is 232 g/mol. The van der Waals surface area contributed by atoms with Crippen LogP contribution in [0.5, 0.6) is 0 Å². The van der Waals surface area contributed by atoms with E-state index in [0.29, 0.717) is 12.5 Å². The average Bonchev–Trinajstić information content (AvgIpc) is 2.17. The van der Waals surface area contributed by atoms with Crippen LogP contribution in [0, 0.1) is 5.92 Å². The molecule has 1 aliphatic carbocycles. The van der Waals surface area contributed by atoms with E-state index in [4.69, 9.17) is 0 Å². The number of rotatable bonds is 1. The quantitative estimate of drug-likeness (QED) is 0.750. The standard InChI is InChI=1S/C12H21F2N.ClH/c1-11(10-5-3-2-4-6-10)9-12(13,14)7-8-15-11;/h10,15H,2-9H2,1H3;1H. The molecule has 2 rings (SSSR count). The average molecular weight is 254 g/mol. The molecule has 1 nitrogen and oxygen atoms in total. The van der Waals surface area contributed by atoms with E-state index in [9.17, 15) is 8.78 Å². The SMILES string of the molecule is CC1(C2CCCCC2)CC(F)(F)CCN1.Cl. The third-order valence-corrected chi connectivity index (χ3v) is 4.15. The summed E-state index contributed by atoms with van der Waals surface area (Å²) in [6.45, 7) is 2.47. The summed E-state index contributed by atoms with van der Waals surface area (Å²) in [7, 11) is 0. The number of nitrogens with one attached hydrogen (secondary N) is 1. The molecule has 0 bridgehead atoms. The lowest BCUT2D eigenvalue weighted by Crippen LogP contribution is -2.57. The van der Waals surface area contributed by atoms with E-state index in [-0.39, 0.29) is 30.8 Å². The predicted octanol–water partition coefficient (Wildman–Crippen LogP) is 3.77. The summed E-state index contributed by atoms with van der Waals surface area (Å²) in [5.41, 5.74) is -0.317. The summed E-state index contributed by atoms with van der Waals surface area (Å²) in [5, 5.41) is 3.34. The Hall–Kier alpha value is 0.110. The van der Waals surface area contributed by atoms with E-state index >= 15 is 0 Å². The van der Waals surface area contributed by atoms with Gasteiger partial charge in [-0.3, -0.25) is 0 Å². The molecule has 0 radical (unpaired) electrons. The largest absolute Gasteiger partial charge is 0.311 e. The summed E-state index contributed by atoms with van der Waals surface area (Å²) >= 11 is 0. The van der Waals surface area contributed by atoms with Gasteiger partial charge in [-0.25, -0.2) is 8.78 Å². The zero-order valence-corrected chi connectivity index (χ0v) is 10.7. The van der Waals surface area contributed by atoms with Crippen molar-refractivity contribution in [3.05, 3.63) is 0 Å². The van der Waals surface area contributed by atoms with Crippen molar-refractivity contribution in [2.45, 2.75) is 63.3 Å². The number of hydrogen-bond donors (Lipinski definition) is 1. The van der Waals surface area contributed by atoms with Gasteiger partial charge in [0.15, 0.2) is 0 Å². The number of hydrogen-bond acceptors (Lipinski definition) is 1. The summed E-state index contributed by atoms with van der Waals surface area (Å²) < 4.78 is 26.8. The van der Waals surface area contributed by atoms with Crippen LogP contribution in [0.25, 0.3) is 0 Å². The van der Waals surface area contributed by atoms with Crippen LogP contribution in [0.4, 0.5) is 8.78 Å². The Bertz CT molecular complexity index is 229. The highest BCUT2D eigenvalue weighted by Gasteiger charge is 2.46. The molecule has 0 aromatic carbocycles. The minimum Gasteiger partial charge on any atom is -0.311 e. The van der Waals surface area contributed by atoms with E-state index in [1.54, 1.807) is 0 Å². The summed E-state index contributed by atoms with van der Waals surface area (Å²) in [6, 6.07) is 0. The highest BCUT2D eigenvalue weighted by Crippen LogP contribution is 2.41. The lowest BCUT2D eigenvalue weighted by Gasteiger charge is -2.46. The molecule has 1 saturated heterocycles. The maximum Gasteiger partial charge on any atom is 0.251 e. The zero-order chi connectivity index (χ0) is 10.9. The first kappa shape index (κ1) is 14.2. The second kappa shape index (κ2) is 5.18. The first-order valence-electron chi connectivity index (χ1n) is 6.15. The molecule has 0 spiro atoms. The van der Waals surface area contributed by atoms with Crippen molar-refractivity contribution in [2.75, 3.05) is 6.54 Å². The van der Waals surface area contributed by atoms with E-state index < -0.39 is 5.92 Å². The number of halogens is 3. The fraction of sp³-hybridized carbons (Fsp3) is 1.00. The molecule has 1 unspecified atom stereocenters. The molecule has 1 N–H and O–H groups in total. The van der Waals surface area contributed by atoms with E-state index in [1.165, 1.54) is 19.3 Å². The Morgan fingerprint density at radius 2 is 1.75 bits per heavy atom. The van der Waals surface area contributed by atoms with Gasteiger partial charge in [-0.1, -0.05) is 19.3 Å². The van der Waals surface area contributed by atoms with Gasteiger partial charge in [0.25, 0.3) is 5.92 Å². The number of alkyl halides is 2. The molecule has 0 aromatic rings. The maximum atomic E-state index is 13.4. The third kappa shape index (κ3) is 3.07. The van der Waals surface area contributed by atoms with Gasteiger partial charge in [-0.15, -0.1) is 12.4 Å². The highest BCUT2D eigenvalue weighted by molar-refractivity contribution is 5.85. The smallest absolute Gasteiger partial charge is 0.251 e. The van der Waals surface area contributed by atoms with Crippen molar-refractivity contribution in [3.63, 3.8) is 0 Å². The molecule has 1 aliphatic heterocycles. The van der Waals surface area contributed by atoms with Gasteiger partial charge in [0.05, 0.1) is 0 Å². The second-order valence-corrected chi connectivity index (χ2v) is 5.46. The van der Waals surface area contributed by atoms with Crippen molar-refractivity contribution in [3.8, 4) is 0 Å². The Labute approximate surface area is 103 Å². The summed E-state index contributed by atoms with van der Waals surface area (Å²) in [6.07, 6.45) is 6.00. The van der Waals surface area contributed by atoms with Gasteiger partial charge < -0.3 is 5.32 Å². The van der Waals surface area contributed by atoms with Gasteiger partial charge in [0, 0.05) is 24.9 Å². The molecular formula is C12H22ClF2N. The minimum absolute atomic E-state index is 0. The molecule has 4 heteroatoms. The van der Waals surface area contributed by atoms with Gasteiger partial charge >= 0.3 is 0 Å². The van der Waals surface area contributed by atoms with Gasteiger partial charge in [0.1, 0.15) is 0 Å². The topological polar surface area (TPSA) is 12.0 Å². The third-order valence-electron chi connectivity index (χ3n) is 4.15. The monoisotopic (exact) mass is 253 g/mol. The maximum absolute atomic E-state index is 13.4. The van der Waals surface area contributed by atoms with Crippen LogP contribution in [-0.2, 0) is 0 Å². The van der Waals surface area contributed by atoms with E-state index in [1.807, 2.05) is 6.92 Å². The van der Waals surface area contributed by atoms with Crippen molar-refractivity contribution < 1.29 is 8.78 Å². The van der Waals surface area contributed by atoms with E-state index in [0.717, 1.165) is 12.8 Å². The van der Waals surface area contributed by atoms with Crippen LogP contribution in [0.1, 0.15) is 51.9 Å². The molecule has 2 aliphatic rings. The Morgan fingerprint density at radius 3 is 2.31 bits per heavy atom. The summed E-state index contributed by atoms with van der Waals surface area (Å²) in [4.78, 5) is 0. The Kier molecular flexibility index (Phi) is 4.58. The zero-order valence-electron chi connectivity index (χ0n) is 9.90. The molecule has 2 fully saturated rings. The van der Waals surface area contributed by atoms with Gasteiger partial charge in [0.2, 0.25) is 0 Å². The van der Waals surface area contributed by atoms with Gasteiger partial charge in [-0.05, 0) is 25.7 Å². The van der Waals surface area contributed by atoms with Gasteiger partial charge in [-0.2, -0.15) is 0 Å². The predicted molar refractivity (Wildman–Crippen MR) is 64.4 cm³/mol. The molecule has 0 aromatic heterocycles. The normalized spacial score (nSPS) is 35.4. The molecule has 1 saturated carbocycles. The van der Waals surface area contributed by atoms with Crippen molar-refractivity contribution in [1.29, 1.82) is 0 Å². The molecule has 0 amide bonds. The van der Waals surface area contributed by atoms with Crippen LogP contribution in [0.3, 0.4) is 0 Å². The van der Waals surface area contributed by atoms with Crippen LogP contribution in [-0.4, -0.2) is 18.0 Å². The highest BCUT2D eigenvalue weighted by atomic mass is 35.5. The van der Waals surface area contributed by atoms with Crippen LogP contribution >= 0.6 is 12.4 Å². The van der Waals surface area contributed by atoms with Crippen LogP contribution in [0.15, 0.2) is 0 Å². The molecule has 1 atom stereocenters. The van der Waals surface area contributed by atoms with Crippen molar-refractivity contribution in [2.24, 2.45) is 5.92 Å². The molecule has 1 heterocycles. The van der Waals surface area contributed by atoms with Crippen molar-refractivity contribution in [1.82, 2.24) is 5.32 Å². The summed E-state index contributed by atoms with van der Waals surface area (Å²) in [5.74, 6) is -1.99. The Morgan fingerprint density at radius 1 is 1.12 bits per heavy atom. The Balaban J connectivity index is 0.00000128. The lowest BCUT2D eigenvalue weighted by atomic mass is 9.71. The number of piperidine rings is 1. The lowest BCUT2D eigenvalue weighted by molar-refractivity contribution is -0.0751. The second-order valence-electron chi connectivity index (χ2n) is 5.46. The first-order valence-corrected chi connectivity index (χ1v) is 6.15. The fourth-order valence-electron chi connectivity index (χ4n) is 3.25. The molecule has 96 valence electrons. The van der Waals surface area contributed by atoms with Crippen molar-refractivity contribution >= 4 is 12.4 Å².